The Bertz CT molecular complexity index is 274. The summed E-state index contributed by atoms with van der Waals surface area (Å²) in [6.07, 6.45) is 0.789. The molecule has 0 aromatic carbocycles. The van der Waals surface area contributed by atoms with E-state index >= 15 is 0 Å². The van der Waals surface area contributed by atoms with Crippen molar-refractivity contribution < 1.29 is 5.11 Å². The molecule has 0 spiro atoms. The fraction of sp³-hybridized carbons (Fsp3) is 0.714. The van der Waals surface area contributed by atoms with Gasteiger partial charge in [0.05, 0.1) is 23.9 Å². The smallest absolute Gasteiger partial charge is 0.186 e. The van der Waals surface area contributed by atoms with Crippen LogP contribution in [0, 0.1) is 0 Å². The van der Waals surface area contributed by atoms with Crippen LogP contribution in [0.25, 0.3) is 0 Å². The molecule has 0 aliphatic heterocycles. The van der Waals surface area contributed by atoms with E-state index in [1.54, 1.807) is 0 Å². The second-order valence-corrected chi connectivity index (χ2v) is 3.99. The largest absolute Gasteiger partial charge is 0.394 e. The highest BCUT2D eigenvalue weighted by atomic mass is 35.5. The van der Waals surface area contributed by atoms with E-state index in [0.29, 0.717) is 11.0 Å². The van der Waals surface area contributed by atoms with E-state index in [1.807, 2.05) is 13.8 Å². The van der Waals surface area contributed by atoms with Crippen LogP contribution in [-0.4, -0.2) is 26.0 Å². The van der Waals surface area contributed by atoms with Crippen LogP contribution in [0.2, 0.25) is 5.15 Å². The van der Waals surface area contributed by atoms with E-state index in [1.165, 1.54) is 0 Å². The normalized spacial score (nSPS) is 15.4. The Labute approximate surface area is 86.3 Å². The molecule has 0 fully saturated rings. The van der Waals surface area contributed by atoms with Gasteiger partial charge in [0.1, 0.15) is 0 Å². The molecule has 1 aromatic heterocycles. The van der Waals surface area contributed by atoms with E-state index in [0.717, 1.165) is 18.1 Å². The highest BCUT2D eigenvalue weighted by Gasteiger charge is 2.22. The standard InChI is InChI=1S/C7H12ClN3OS/c1-3-7(2,4-12)9-6-5(8)10-13-11-6/h12H,3-4H2,1-2H3,(H,9,11). The Morgan fingerprint density at radius 3 is 2.69 bits per heavy atom. The first-order valence-electron chi connectivity index (χ1n) is 3.98. The zero-order chi connectivity index (χ0) is 9.90. The van der Waals surface area contributed by atoms with Crippen molar-refractivity contribution >= 4 is 29.1 Å². The first kappa shape index (κ1) is 10.7. The fourth-order valence-electron chi connectivity index (χ4n) is 0.778. The predicted molar refractivity (Wildman–Crippen MR) is 54.3 cm³/mol. The average Bonchev–Trinajstić information content (AvgIpc) is 2.52. The molecular formula is C7H12ClN3OS. The molecule has 0 saturated heterocycles. The lowest BCUT2D eigenvalue weighted by atomic mass is 10.0. The molecule has 0 radical (unpaired) electrons. The topological polar surface area (TPSA) is 58.0 Å². The third-order valence-corrected chi connectivity index (χ3v) is 2.89. The lowest BCUT2D eigenvalue weighted by molar-refractivity contribution is 0.218. The third-order valence-electron chi connectivity index (χ3n) is 2.00. The summed E-state index contributed by atoms with van der Waals surface area (Å²) in [6, 6.07) is 0. The van der Waals surface area contributed by atoms with Gasteiger partial charge in [-0.2, -0.15) is 8.75 Å². The van der Waals surface area contributed by atoms with Crippen LogP contribution in [0.3, 0.4) is 0 Å². The van der Waals surface area contributed by atoms with Crippen molar-refractivity contribution in [1.29, 1.82) is 0 Å². The molecule has 0 aliphatic rings. The van der Waals surface area contributed by atoms with Crippen LogP contribution in [0.15, 0.2) is 0 Å². The van der Waals surface area contributed by atoms with Gasteiger partial charge < -0.3 is 10.4 Å². The Balaban J connectivity index is 2.73. The van der Waals surface area contributed by atoms with E-state index in [9.17, 15) is 0 Å². The molecule has 2 N–H and O–H groups in total. The van der Waals surface area contributed by atoms with Gasteiger partial charge in [0.25, 0.3) is 0 Å². The first-order chi connectivity index (χ1) is 6.11. The average molecular weight is 222 g/mol. The minimum atomic E-state index is -0.376. The number of aliphatic hydroxyl groups excluding tert-OH is 1. The summed E-state index contributed by atoms with van der Waals surface area (Å²) in [5.74, 6) is 0.546. The number of aliphatic hydroxyl groups is 1. The van der Waals surface area contributed by atoms with Gasteiger partial charge in [-0.05, 0) is 13.3 Å². The number of halogens is 1. The molecule has 1 aromatic rings. The van der Waals surface area contributed by atoms with Crippen LogP contribution in [0.4, 0.5) is 5.82 Å². The van der Waals surface area contributed by atoms with E-state index < -0.39 is 0 Å². The van der Waals surface area contributed by atoms with E-state index in [4.69, 9.17) is 16.7 Å². The molecule has 74 valence electrons. The van der Waals surface area contributed by atoms with Gasteiger partial charge in [-0.3, -0.25) is 0 Å². The van der Waals surface area contributed by atoms with E-state index in [-0.39, 0.29) is 12.1 Å². The first-order valence-corrected chi connectivity index (χ1v) is 5.09. The number of aromatic nitrogens is 2. The Hall–Kier alpha value is -0.390. The minimum absolute atomic E-state index is 0.0390. The van der Waals surface area contributed by atoms with Crippen LogP contribution in [-0.2, 0) is 0 Å². The molecule has 4 nitrogen and oxygen atoms in total. The molecule has 13 heavy (non-hydrogen) atoms. The lowest BCUT2D eigenvalue weighted by Crippen LogP contribution is -2.38. The van der Waals surface area contributed by atoms with Crippen LogP contribution < -0.4 is 5.32 Å². The third kappa shape index (κ3) is 2.52. The maximum Gasteiger partial charge on any atom is 0.186 e. The van der Waals surface area contributed by atoms with Gasteiger partial charge in [-0.1, -0.05) is 18.5 Å². The molecule has 0 amide bonds. The summed E-state index contributed by atoms with van der Waals surface area (Å²) in [6.45, 7) is 3.93. The molecule has 0 bridgehead atoms. The van der Waals surface area contributed by atoms with E-state index in [2.05, 4.69) is 14.1 Å². The summed E-state index contributed by atoms with van der Waals surface area (Å²) in [5, 5.41) is 12.5. The van der Waals surface area contributed by atoms with Crippen molar-refractivity contribution in [3.63, 3.8) is 0 Å². The molecule has 0 aliphatic carbocycles. The van der Waals surface area contributed by atoms with Gasteiger partial charge in [0.15, 0.2) is 11.0 Å². The number of hydrogen-bond donors (Lipinski definition) is 2. The van der Waals surface area contributed by atoms with Gasteiger partial charge in [0, 0.05) is 0 Å². The Kier molecular flexibility index (Phi) is 3.47. The van der Waals surface area contributed by atoms with Gasteiger partial charge in [0.2, 0.25) is 0 Å². The molecule has 6 heteroatoms. The highest BCUT2D eigenvalue weighted by Crippen LogP contribution is 2.23. The number of anilines is 1. The summed E-state index contributed by atoms with van der Waals surface area (Å²) in [4.78, 5) is 0. The van der Waals surface area contributed by atoms with Crippen LogP contribution in [0.1, 0.15) is 20.3 Å². The van der Waals surface area contributed by atoms with Crippen LogP contribution in [0.5, 0.6) is 0 Å². The second kappa shape index (κ2) is 4.21. The molecular weight excluding hydrogens is 210 g/mol. The van der Waals surface area contributed by atoms with Crippen molar-refractivity contribution in [2.45, 2.75) is 25.8 Å². The Morgan fingerprint density at radius 1 is 1.62 bits per heavy atom. The van der Waals surface area contributed by atoms with Gasteiger partial charge in [-0.25, -0.2) is 0 Å². The summed E-state index contributed by atoms with van der Waals surface area (Å²) in [5.41, 5.74) is -0.376. The molecule has 1 heterocycles. The highest BCUT2D eigenvalue weighted by molar-refractivity contribution is 6.99. The number of nitrogens with one attached hydrogen (secondary N) is 1. The zero-order valence-corrected chi connectivity index (χ0v) is 9.11. The fourth-order valence-corrected chi connectivity index (χ4v) is 1.42. The summed E-state index contributed by atoms with van der Waals surface area (Å²) >= 11 is 6.80. The van der Waals surface area contributed by atoms with Crippen molar-refractivity contribution in [2.24, 2.45) is 0 Å². The van der Waals surface area contributed by atoms with Crippen molar-refractivity contribution in [3.8, 4) is 0 Å². The maximum absolute atomic E-state index is 9.12. The number of nitrogens with zero attached hydrogens (tertiary/aromatic N) is 2. The molecule has 1 rings (SSSR count). The lowest BCUT2D eigenvalue weighted by Gasteiger charge is -2.26. The molecule has 0 saturated carbocycles. The maximum atomic E-state index is 9.12. The van der Waals surface area contributed by atoms with Crippen molar-refractivity contribution in [2.75, 3.05) is 11.9 Å². The van der Waals surface area contributed by atoms with Crippen molar-refractivity contribution in [3.05, 3.63) is 5.15 Å². The van der Waals surface area contributed by atoms with Crippen molar-refractivity contribution in [1.82, 2.24) is 8.75 Å². The van der Waals surface area contributed by atoms with Gasteiger partial charge >= 0.3 is 0 Å². The summed E-state index contributed by atoms with van der Waals surface area (Å²) < 4.78 is 7.79. The predicted octanol–water partition coefficient (Wildman–Crippen LogP) is 1.76. The monoisotopic (exact) mass is 221 g/mol. The quantitative estimate of drug-likeness (QED) is 0.814. The summed E-state index contributed by atoms with van der Waals surface area (Å²) in [7, 11) is 0. The number of hydrogen-bond acceptors (Lipinski definition) is 5. The Morgan fingerprint density at radius 2 is 2.31 bits per heavy atom. The SMILES string of the molecule is CCC(C)(CO)Nc1nsnc1Cl. The molecule has 1 atom stereocenters. The number of rotatable bonds is 4. The van der Waals surface area contributed by atoms with Gasteiger partial charge in [-0.15, -0.1) is 0 Å². The molecule has 1 unspecified atom stereocenters. The second-order valence-electron chi connectivity index (χ2n) is 3.10. The van der Waals surface area contributed by atoms with Crippen LogP contribution >= 0.6 is 23.3 Å². The minimum Gasteiger partial charge on any atom is -0.394 e. The zero-order valence-electron chi connectivity index (χ0n) is 7.54.